The number of rotatable bonds is 4. The third kappa shape index (κ3) is 3.26. The van der Waals surface area contributed by atoms with E-state index < -0.39 is 0 Å². The van der Waals surface area contributed by atoms with E-state index in [1.54, 1.807) is 26.2 Å². The summed E-state index contributed by atoms with van der Waals surface area (Å²) in [6.45, 7) is -0.000416. The van der Waals surface area contributed by atoms with Crippen molar-refractivity contribution in [2.75, 3.05) is 20.6 Å². The Bertz CT molecular complexity index is 603. The minimum Gasteiger partial charge on any atom is -0.347 e. The van der Waals surface area contributed by atoms with Crippen molar-refractivity contribution in [2.24, 2.45) is 0 Å². The Morgan fingerprint density at radius 2 is 1.85 bits per heavy atom. The Kier molecular flexibility index (Phi) is 4.20. The van der Waals surface area contributed by atoms with Crippen molar-refractivity contribution in [1.29, 1.82) is 0 Å². The van der Waals surface area contributed by atoms with Gasteiger partial charge in [0.1, 0.15) is 0 Å². The molecule has 5 heteroatoms. The number of likely N-dealkylation sites (N-methyl/N-ethyl adjacent to an activating group) is 1. The fraction of sp³-hybridized carbons (Fsp3) is 0.200. The molecule has 0 aliphatic carbocycles. The molecule has 104 valence electrons. The Labute approximate surface area is 117 Å². The summed E-state index contributed by atoms with van der Waals surface area (Å²) in [6, 6.07) is 11.1. The van der Waals surface area contributed by atoms with Gasteiger partial charge in [0.25, 0.3) is 5.91 Å². The summed E-state index contributed by atoms with van der Waals surface area (Å²) < 4.78 is 1.92. The lowest BCUT2D eigenvalue weighted by atomic mass is 10.2. The lowest BCUT2D eigenvalue weighted by molar-refractivity contribution is -0.127. The Morgan fingerprint density at radius 3 is 2.50 bits per heavy atom. The fourth-order valence-electron chi connectivity index (χ4n) is 1.73. The molecule has 0 saturated carbocycles. The van der Waals surface area contributed by atoms with Gasteiger partial charge in [-0.2, -0.15) is 0 Å². The van der Waals surface area contributed by atoms with Crippen molar-refractivity contribution in [3.05, 3.63) is 54.4 Å². The van der Waals surface area contributed by atoms with Crippen LogP contribution >= 0.6 is 0 Å². The third-order valence-electron chi connectivity index (χ3n) is 2.91. The first-order valence-corrected chi connectivity index (χ1v) is 6.29. The lowest BCUT2D eigenvalue weighted by Crippen LogP contribution is -2.36. The van der Waals surface area contributed by atoms with E-state index in [2.05, 4.69) is 5.32 Å². The molecule has 5 nitrogen and oxygen atoms in total. The van der Waals surface area contributed by atoms with Gasteiger partial charge in [-0.25, -0.2) is 0 Å². The summed E-state index contributed by atoms with van der Waals surface area (Å²) in [7, 11) is 3.31. The van der Waals surface area contributed by atoms with Gasteiger partial charge in [0.2, 0.25) is 5.91 Å². The molecule has 0 aliphatic heterocycles. The summed E-state index contributed by atoms with van der Waals surface area (Å²) in [4.78, 5) is 24.9. The maximum absolute atomic E-state index is 12.0. The molecule has 1 heterocycles. The molecule has 1 N–H and O–H groups in total. The molecule has 2 amide bonds. The van der Waals surface area contributed by atoms with Gasteiger partial charge in [-0.1, -0.05) is 6.07 Å². The summed E-state index contributed by atoms with van der Waals surface area (Å²) >= 11 is 0. The van der Waals surface area contributed by atoms with Gasteiger partial charge in [-0.05, 0) is 30.3 Å². The third-order valence-corrected chi connectivity index (χ3v) is 2.91. The highest BCUT2D eigenvalue weighted by atomic mass is 16.2. The van der Waals surface area contributed by atoms with Crippen molar-refractivity contribution in [3.63, 3.8) is 0 Å². The second-order valence-corrected chi connectivity index (χ2v) is 4.61. The van der Waals surface area contributed by atoms with Crippen molar-refractivity contribution >= 4 is 11.8 Å². The molecule has 0 unspecified atom stereocenters. The van der Waals surface area contributed by atoms with Crippen LogP contribution in [0.4, 0.5) is 0 Å². The first-order valence-electron chi connectivity index (χ1n) is 6.29. The monoisotopic (exact) mass is 271 g/mol. The van der Waals surface area contributed by atoms with Crippen LogP contribution in [0.2, 0.25) is 0 Å². The molecule has 2 aromatic rings. The number of amides is 2. The first kappa shape index (κ1) is 13.9. The summed E-state index contributed by atoms with van der Waals surface area (Å²) in [5.41, 5.74) is 1.43. The second kappa shape index (κ2) is 6.06. The van der Waals surface area contributed by atoms with Crippen LogP contribution in [-0.2, 0) is 4.79 Å². The van der Waals surface area contributed by atoms with Gasteiger partial charge in [0.15, 0.2) is 0 Å². The molecule has 0 radical (unpaired) electrons. The Balaban J connectivity index is 2.07. The average Bonchev–Trinajstić information content (AvgIpc) is 2.98. The van der Waals surface area contributed by atoms with Crippen LogP contribution in [0.3, 0.4) is 0 Å². The standard InChI is InChI=1S/C15H17N3O2/c1-17(2)14(19)11-16-15(20)12-6-5-7-13(10-12)18-8-3-4-9-18/h3-10H,11H2,1-2H3,(H,16,20). The van der Waals surface area contributed by atoms with Crippen LogP contribution < -0.4 is 5.32 Å². The van der Waals surface area contributed by atoms with E-state index >= 15 is 0 Å². The number of benzene rings is 1. The number of carbonyl (C=O) groups is 2. The number of nitrogens with zero attached hydrogens (tertiary/aromatic N) is 2. The van der Waals surface area contributed by atoms with Crippen molar-refractivity contribution < 1.29 is 9.59 Å². The largest absolute Gasteiger partial charge is 0.347 e. The quantitative estimate of drug-likeness (QED) is 0.911. The zero-order valence-electron chi connectivity index (χ0n) is 11.5. The van der Waals surface area contributed by atoms with Gasteiger partial charge in [-0.3, -0.25) is 9.59 Å². The molecule has 1 aromatic heterocycles. The van der Waals surface area contributed by atoms with E-state index in [9.17, 15) is 9.59 Å². The summed E-state index contributed by atoms with van der Waals surface area (Å²) in [6.07, 6.45) is 3.82. The second-order valence-electron chi connectivity index (χ2n) is 4.61. The highest BCUT2D eigenvalue weighted by molar-refractivity contribution is 5.96. The smallest absolute Gasteiger partial charge is 0.251 e. The molecule has 0 fully saturated rings. The SMILES string of the molecule is CN(C)C(=O)CNC(=O)c1cccc(-n2cccc2)c1. The zero-order valence-corrected chi connectivity index (χ0v) is 11.5. The molecule has 0 bridgehead atoms. The van der Waals surface area contributed by atoms with Crippen LogP contribution in [0.25, 0.3) is 5.69 Å². The summed E-state index contributed by atoms with van der Waals surface area (Å²) in [5, 5.41) is 2.61. The first-order chi connectivity index (χ1) is 9.58. The average molecular weight is 271 g/mol. The lowest BCUT2D eigenvalue weighted by Gasteiger charge is -2.11. The molecular formula is C15H17N3O2. The molecule has 0 atom stereocenters. The van der Waals surface area contributed by atoms with Crippen LogP contribution in [0.5, 0.6) is 0 Å². The molecular weight excluding hydrogens is 254 g/mol. The molecule has 1 aromatic carbocycles. The normalized spacial score (nSPS) is 10.1. The minimum atomic E-state index is -0.255. The molecule has 0 spiro atoms. The Morgan fingerprint density at radius 1 is 1.15 bits per heavy atom. The Hall–Kier alpha value is -2.56. The predicted molar refractivity (Wildman–Crippen MR) is 76.8 cm³/mol. The summed E-state index contributed by atoms with van der Waals surface area (Å²) in [5.74, 6) is -0.394. The van der Waals surface area contributed by atoms with Crippen molar-refractivity contribution in [2.45, 2.75) is 0 Å². The van der Waals surface area contributed by atoms with Crippen LogP contribution in [0.15, 0.2) is 48.8 Å². The van der Waals surface area contributed by atoms with E-state index in [-0.39, 0.29) is 18.4 Å². The molecule has 0 saturated heterocycles. The predicted octanol–water partition coefficient (Wildman–Crippen LogP) is 1.30. The molecule has 20 heavy (non-hydrogen) atoms. The number of nitrogens with one attached hydrogen (secondary N) is 1. The number of carbonyl (C=O) groups excluding carboxylic acids is 2. The van der Waals surface area contributed by atoms with Crippen molar-refractivity contribution in [1.82, 2.24) is 14.8 Å². The van der Waals surface area contributed by atoms with E-state index in [1.165, 1.54) is 4.90 Å². The van der Waals surface area contributed by atoms with Gasteiger partial charge < -0.3 is 14.8 Å². The number of aromatic nitrogens is 1. The van der Waals surface area contributed by atoms with E-state index in [0.29, 0.717) is 5.56 Å². The number of hydrogen-bond acceptors (Lipinski definition) is 2. The van der Waals surface area contributed by atoms with Crippen LogP contribution in [0, 0.1) is 0 Å². The van der Waals surface area contributed by atoms with Crippen LogP contribution in [0.1, 0.15) is 10.4 Å². The van der Waals surface area contributed by atoms with Gasteiger partial charge >= 0.3 is 0 Å². The van der Waals surface area contributed by atoms with E-state index in [4.69, 9.17) is 0 Å². The maximum Gasteiger partial charge on any atom is 0.251 e. The fourth-order valence-corrected chi connectivity index (χ4v) is 1.73. The van der Waals surface area contributed by atoms with E-state index in [1.807, 2.05) is 41.2 Å². The highest BCUT2D eigenvalue weighted by Gasteiger charge is 2.09. The maximum atomic E-state index is 12.0. The minimum absolute atomic E-state index is 0.000416. The van der Waals surface area contributed by atoms with E-state index in [0.717, 1.165) is 5.69 Å². The molecule has 0 aliphatic rings. The van der Waals surface area contributed by atoms with Gasteiger partial charge in [-0.15, -0.1) is 0 Å². The zero-order chi connectivity index (χ0) is 14.5. The van der Waals surface area contributed by atoms with Gasteiger partial charge in [0.05, 0.1) is 6.54 Å². The molecule has 2 rings (SSSR count). The van der Waals surface area contributed by atoms with Gasteiger partial charge in [0, 0.05) is 37.7 Å². The van der Waals surface area contributed by atoms with Crippen LogP contribution in [-0.4, -0.2) is 41.9 Å². The topological polar surface area (TPSA) is 54.3 Å². The highest BCUT2D eigenvalue weighted by Crippen LogP contribution is 2.10. The number of hydrogen-bond donors (Lipinski definition) is 1. The van der Waals surface area contributed by atoms with Crippen molar-refractivity contribution in [3.8, 4) is 5.69 Å².